The largest absolute Gasteiger partial charge is 0.323 e. The summed E-state index contributed by atoms with van der Waals surface area (Å²) < 4.78 is 0. The van der Waals surface area contributed by atoms with Gasteiger partial charge >= 0.3 is 12.1 Å². The normalized spacial score (nSPS) is 10.5. The maximum atomic E-state index is 14.5. The zero-order valence-corrected chi connectivity index (χ0v) is 61.9. The van der Waals surface area contributed by atoms with Crippen molar-refractivity contribution >= 4 is 46.4 Å². The summed E-state index contributed by atoms with van der Waals surface area (Å²) in [5.74, 6) is 2.53. The first-order chi connectivity index (χ1) is 54.9. The van der Waals surface area contributed by atoms with Crippen LogP contribution in [0.5, 0.6) is 0 Å². The molecule has 0 atom stereocenters. The quantitative estimate of drug-likeness (QED) is 0.0710. The van der Waals surface area contributed by atoms with E-state index in [0.29, 0.717) is 91.6 Å². The molecule has 16 heteroatoms. The van der Waals surface area contributed by atoms with Gasteiger partial charge in [0, 0.05) is 66.8 Å². The molecule has 16 aromatic rings. The average Bonchev–Trinajstić information content (AvgIpc) is 0.787. The van der Waals surface area contributed by atoms with Crippen LogP contribution in [0.25, 0.3) is 136 Å². The van der Waals surface area contributed by atoms with Gasteiger partial charge < -0.3 is 30.9 Å². The van der Waals surface area contributed by atoms with E-state index in [1.165, 1.54) is 27.7 Å². The third kappa shape index (κ3) is 19.1. The van der Waals surface area contributed by atoms with Gasteiger partial charge in [-0.3, -0.25) is 0 Å². The summed E-state index contributed by atoms with van der Waals surface area (Å²) in [4.78, 5) is 88.3. The van der Waals surface area contributed by atoms with Crippen LogP contribution in [-0.4, -0.2) is 63.5 Å². The SMILES string of the molecule is CC(C)=O.CC(C)=O.O=C(Nc1c(-c2ccccc2)nc(-c2ccccc2)nc1-c1ccccc1)Nc1c(-c2ccccc2)nc(-c2ccccc2)nc1-c1ccccc1.O=C(Nc1c(-c2ccccc2)nc(-c2ccccc2)nc1-c1ccccc1)Nc1c(-c2ccccc2)nc(-c2ccccc2)nc1-c1ccccc1. The lowest BCUT2D eigenvalue weighted by atomic mass is 10.0. The molecular weight excluding hydrogens is 1390 g/mol. The third-order valence-electron chi connectivity index (χ3n) is 17.1. The Kier molecular flexibility index (Phi) is 24.7. The number of hydrogen-bond acceptors (Lipinski definition) is 12. The Balaban J connectivity index is 0.000000179. The van der Waals surface area contributed by atoms with Crippen LogP contribution in [0.1, 0.15) is 27.7 Å². The highest BCUT2D eigenvalue weighted by molar-refractivity contribution is 6.10. The van der Waals surface area contributed by atoms with Gasteiger partial charge in [-0.05, 0) is 27.7 Å². The summed E-state index contributed by atoms with van der Waals surface area (Å²) in [6.45, 7) is 6.11. The van der Waals surface area contributed by atoms with E-state index in [-0.39, 0.29) is 11.6 Å². The Hall–Kier alpha value is -15.2. The number of benzene rings is 12. The number of nitrogens with zero attached hydrogens (tertiary/aromatic N) is 8. The van der Waals surface area contributed by atoms with Gasteiger partial charge in [-0.15, -0.1) is 0 Å². The van der Waals surface area contributed by atoms with Crippen molar-refractivity contribution in [1.29, 1.82) is 0 Å². The van der Waals surface area contributed by atoms with Crippen molar-refractivity contribution in [2.75, 3.05) is 21.3 Å². The second-order valence-corrected chi connectivity index (χ2v) is 25.8. The molecule has 0 bridgehead atoms. The monoisotopic (exact) mass is 1460 g/mol. The van der Waals surface area contributed by atoms with Crippen molar-refractivity contribution in [2.45, 2.75) is 27.7 Å². The van der Waals surface area contributed by atoms with Crippen LogP contribution in [0.3, 0.4) is 0 Å². The van der Waals surface area contributed by atoms with Crippen molar-refractivity contribution in [3.05, 3.63) is 364 Å². The lowest BCUT2D eigenvalue weighted by Crippen LogP contribution is -2.23. The molecule has 4 N–H and O–H groups in total. The van der Waals surface area contributed by atoms with Gasteiger partial charge in [0.25, 0.3) is 0 Å². The van der Waals surface area contributed by atoms with E-state index in [4.69, 9.17) is 39.9 Å². The number of aromatic nitrogens is 8. The summed E-state index contributed by atoms with van der Waals surface area (Å²) in [5, 5.41) is 12.7. The highest BCUT2D eigenvalue weighted by Gasteiger charge is 2.27. The molecule has 16 rings (SSSR count). The summed E-state index contributed by atoms with van der Waals surface area (Å²) in [6.07, 6.45) is 0. The molecule has 0 radical (unpaired) electrons. The molecule has 4 amide bonds. The molecule has 0 spiro atoms. The molecule has 0 saturated heterocycles. The molecule has 544 valence electrons. The Morgan fingerprint density at radius 2 is 0.268 bits per heavy atom. The Morgan fingerprint density at radius 1 is 0.170 bits per heavy atom. The smallest absolute Gasteiger partial charge is 0.304 e. The van der Waals surface area contributed by atoms with Crippen LogP contribution in [-0.2, 0) is 9.59 Å². The van der Waals surface area contributed by atoms with Crippen LogP contribution < -0.4 is 21.3 Å². The number of anilines is 4. The second kappa shape index (κ2) is 36.9. The van der Waals surface area contributed by atoms with Crippen LogP contribution in [0.4, 0.5) is 32.3 Å². The summed E-state index contributed by atoms with van der Waals surface area (Å²) in [5.41, 5.74) is 16.7. The van der Waals surface area contributed by atoms with E-state index in [0.717, 1.165) is 66.8 Å². The molecular formula is C96H76N12O4. The first-order valence-electron chi connectivity index (χ1n) is 36.3. The topological polar surface area (TPSA) is 220 Å². The number of Topliss-reactive ketones (excluding diaryl/α,β-unsaturated/α-hetero) is 2. The molecule has 12 aromatic carbocycles. The van der Waals surface area contributed by atoms with Crippen molar-refractivity contribution in [2.24, 2.45) is 0 Å². The number of urea groups is 2. The van der Waals surface area contributed by atoms with Gasteiger partial charge in [-0.1, -0.05) is 364 Å². The van der Waals surface area contributed by atoms with E-state index < -0.39 is 12.1 Å². The number of amides is 4. The minimum Gasteiger partial charge on any atom is -0.304 e. The van der Waals surface area contributed by atoms with Crippen molar-refractivity contribution < 1.29 is 19.2 Å². The maximum Gasteiger partial charge on any atom is 0.323 e. The standard InChI is InChI=1S/2C45H32N6O.2C3H6O/c2*52-45(50-41-37(31-19-7-1-8-20-31)46-43(35-27-15-5-16-28-35)47-38(41)32-21-9-2-10-22-32)51-42-39(33-23-11-3-12-24-33)48-44(36-29-17-6-18-30-36)49-40(42)34-25-13-4-14-26-34;2*1-3(2)4/h2*1-30H,(H2,50,51,52);2*1-2H3. The number of ketones is 2. The van der Waals surface area contributed by atoms with Crippen LogP contribution in [0.2, 0.25) is 0 Å². The summed E-state index contributed by atoms with van der Waals surface area (Å²) in [7, 11) is 0. The first kappa shape index (κ1) is 75.1. The zero-order chi connectivity index (χ0) is 77.4. The summed E-state index contributed by atoms with van der Waals surface area (Å²) in [6, 6.07) is 117. The average molecular weight is 1460 g/mol. The van der Waals surface area contributed by atoms with Crippen LogP contribution in [0.15, 0.2) is 364 Å². The van der Waals surface area contributed by atoms with E-state index in [1.54, 1.807) is 0 Å². The van der Waals surface area contributed by atoms with E-state index in [1.807, 2.05) is 364 Å². The lowest BCUT2D eigenvalue weighted by molar-refractivity contribution is -0.115. The van der Waals surface area contributed by atoms with Crippen molar-refractivity contribution in [3.8, 4) is 136 Å². The highest BCUT2D eigenvalue weighted by atomic mass is 16.2. The molecule has 0 unspecified atom stereocenters. The predicted octanol–water partition coefficient (Wildman–Crippen LogP) is 23.0. The van der Waals surface area contributed by atoms with Gasteiger partial charge in [0.05, 0.1) is 68.3 Å². The zero-order valence-electron chi connectivity index (χ0n) is 61.9. The fourth-order valence-corrected chi connectivity index (χ4v) is 12.1. The van der Waals surface area contributed by atoms with E-state index >= 15 is 0 Å². The first-order valence-corrected chi connectivity index (χ1v) is 36.3. The molecule has 0 aliphatic carbocycles. The number of rotatable bonds is 16. The fourth-order valence-electron chi connectivity index (χ4n) is 12.1. The minimum absolute atomic E-state index is 0.167. The molecule has 4 heterocycles. The Bertz CT molecular complexity index is 4870. The van der Waals surface area contributed by atoms with Gasteiger partial charge in [0.2, 0.25) is 0 Å². The summed E-state index contributed by atoms with van der Waals surface area (Å²) >= 11 is 0. The number of hydrogen-bond donors (Lipinski definition) is 4. The predicted molar refractivity (Wildman–Crippen MR) is 451 cm³/mol. The number of carbonyl (C=O) groups excluding carboxylic acids is 4. The van der Waals surface area contributed by atoms with Gasteiger partial charge in [-0.2, -0.15) is 0 Å². The van der Waals surface area contributed by atoms with E-state index in [9.17, 15) is 19.2 Å². The van der Waals surface area contributed by atoms with Gasteiger partial charge in [-0.25, -0.2) is 49.5 Å². The van der Waals surface area contributed by atoms with Gasteiger partial charge in [0.15, 0.2) is 23.3 Å². The second-order valence-electron chi connectivity index (χ2n) is 25.8. The highest BCUT2D eigenvalue weighted by Crippen LogP contribution is 2.43. The minimum atomic E-state index is -0.490. The van der Waals surface area contributed by atoms with Crippen LogP contribution >= 0.6 is 0 Å². The number of carbonyl (C=O) groups is 4. The van der Waals surface area contributed by atoms with Crippen molar-refractivity contribution in [1.82, 2.24) is 39.9 Å². The molecule has 0 fully saturated rings. The molecule has 4 aromatic heterocycles. The fraction of sp³-hybridized carbons (Fsp3) is 0.0417. The molecule has 0 saturated carbocycles. The lowest BCUT2D eigenvalue weighted by Gasteiger charge is -2.20. The molecule has 112 heavy (non-hydrogen) atoms. The molecule has 16 nitrogen and oxygen atoms in total. The third-order valence-corrected chi connectivity index (χ3v) is 17.1. The van der Waals surface area contributed by atoms with Crippen LogP contribution in [0, 0.1) is 0 Å². The molecule has 0 aliphatic rings. The molecule has 0 aliphatic heterocycles. The number of nitrogens with one attached hydrogen (secondary N) is 4. The van der Waals surface area contributed by atoms with Crippen molar-refractivity contribution in [3.63, 3.8) is 0 Å². The van der Waals surface area contributed by atoms with E-state index in [2.05, 4.69) is 21.3 Å². The van der Waals surface area contributed by atoms with Gasteiger partial charge in [0.1, 0.15) is 11.6 Å². The Labute approximate surface area is 650 Å². The maximum absolute atomic E-state index is 14.5. The Morgan fingerprint density at radius 3 is 0.375 bits per heavy atom.